The zero-order valence-electron chi connectivity index (χ0n) is 10.3. The molecule has 0 saturated heterocycles. The highest BCUT2D eigenvalue weighted by atomic mass is 32.1. The van der Waals surface area contributed by atoms with Gasteiger partial charge in [0.2, 0.25) is 0 Å². The number of hydrogen-bond acceptors (Lipinski definition) is 4. The van der Waals surface area contributed by atoms with Gasteiger partial charge in [-0.25, -0.2) is 4.98 Å². The minimum atomic E-state index is 0.246. The molecule has 0 aliphatic rings. The first-order valence-corrected chi connectivity index (χ1v) is 6.92. The van der Waals surface area contributed by atoms with E-state index in [2.05, 4.69) is 4.98 Å². The van der Waals surface area contributed by atoms with Crippen LogP contribution in [0.1, 0.15) is 0 Å². The Bertz CT molecular complexity index is 922. The average Bonchev–Trinajstić information content (AvgIpc) is 2.96. The molecule has 2 aromatic carbocycles. The summed E-state index contributed by atoms with van der Waals surface area (Å²) in [7, 11) is 0. The Hall–Kier alpha value is -2.53. The van der Waals surface area contributed by atoms with Gasteiger partial charge in [0.15, 0.2) is 4.96 Å². The zero-order valence-corrected chi connectivity index (χ0v) is 11.1. The van der Waals surface area contributed by atoms with Crippen LogP contribution in [0, 0.1) is 0 Å². The average molecular weight is 282 g/mol. The molecule has 4 nitrogen and oxygen atoms in total. The quantitative estimate of drug-likeness (QED) is 0.560. The second-order valence-electron chi connectivity index (χ2n) is 4.58. The van der Waals surface area contributed by atoms with E-state index in [4.69, 9.17) is 0 Å². The van der Waals surface area contributed by atoms with Gasteiger partial charge < -0.3 is 10.2 Å². The Labute approximate surface area is 118 Å². The third-order valence-corrected chi connectivity index (χ3v) is 4.26. The minimum absolute atomic E-state index is 0.246. The number of imidazole rings is 1. The predicted molar refractivity (Wildman–Crippen MR) is 79.3 cm³/mol. The third-order valence-electron chi connectivity index (χ3n) is 3.24. The third kappa shape index (κ3) is 1.64. The van der Waals surface area contributed by atoms with E-state index >= 15 is 0 Å². The van der Waals surface area contributed by atoms with Crippen LogP contribution < -0.4 is 0 Å². The van der Waals surface area contributed by atoms with Crippen molar-refractivity contribution < 1.29 is 10.2 Å². The molecule has 0 aliphatic carbocycles. The molecule has 0 unspecified atom stereocenters. The van der Waals surface area contributed by atoms with E-state index < -0.39 is 0 Å². The normalized spacial score (nSPS) is 11.4. The molecule has 4 rings (SSSR count). The lowest BCUT2D eigenvalue weighted by Gasteiger charge is -1.96. The molecule has 0 bridgehead atoms. The Morgan fingerprint density at radius 3 is 2.50 bits per heavy atom. The van der Waals surface area contributed by atoms with Crippen LogP contribution in [0.4, 0.5) is 0 Å². The number of phenolic OH excluding ortho intramolecular Hbond substituents is 2. The first-order chi connectivity index (χ1) is 9.70. The second-order valence-corrected chi connectivity index (χ2v) is 5.59. The van der Waals surface area contributed by atoms with Crippen molar-refractivity contribution in [2.24, 2.45) is 0 Å². The zero-order chi connectivity index (χ0) is 13.7. The summed E-state index contributed by atoms with van der Waals surface area (Å²) in [4.78, 5) is 5.48. The number of fused-ring (bicyclic) bond motifs is 3. The Balaban J connectivity index is 1.93. The van der Waals surface area contributed by atoms with Gasteiger partial charge in [-0.1, -0.05) is 11.3 Å². The minimum Gasteiger partial charge on any atom is -0.508 e. The summed E-state index contributed by atoms with van der Waals surface area (Å²) in [5.74, 6) is 0.511. The number of aromatic hydroxyl groups is 2. The SMILES string of the molecule is Oc1ccc(-c2cn3c(n2)sc2cc(O)ccc23)cc1. The first kappa shape index (κ1) is 11.3. The van der Waals surface area contributed by atoms with Crippen LogP contribution in [0.5, 0.6) is 11.5 Å². The summed E-state index contributed by atoms with van der Waals surface area (Å²) in [5.41, 5.74) is 2.86. The fraction of sp³-hybridized carbons (Fsp3) is 0. The number of phenols is 2. The van der Waals surface area contributed by atoms with Crippen molar-refractivity contribution >= 4 is 26.5 Å². The Morgan fingerprint density at radius 2 is 1.70 bits per heavy atom. The molecule has 4 aromatic rings. The molecule has 5 heteroatoms. The van der Waals surface area contributed by atoms with Crippen LogP contribution >= 0.6 is 11.3 Å². The molecule has 0 radical (unpaired) electrons. The highest BCUT2D eigenvalue weighted by Gasteiger charge is 2.10. The van der Waals surface area contributed by atoms with Gasteiger partial charge in [0, 0.05) is 11.8 Å². The summed E-state index contributed by atoms with van der Waals surface area (Å²) in [6, 6.07) is 12.3. The van der Waals surface area contributed by atoms with Gasteiger partial charge in [0.05, 0.1) is 15.9 Å². The molecule has 0 spiro atoms. The van der Waals surface area contributed by atoms with E-state index in [-0.39, 0.29) is 11.5 Å². The second kappa shape index (κ2) is 3.98. The van der Waals surface area contributed by atoms with Crippen LogP contribution in [0.25, 0.3) is 26.4 Å². The number of hydrogen-bond donors (Lipinski definition) is 2. The highest BCUT2D eigenvalue weighted by molar-refractivity contribution is 7.23. The summed E-state index contributed by atoms with van der Waals surface area (Å²) in [6.45, 7) is 0. The molecule has 0 amide bonds. The number of benzene rings is 2. The topological polar surface area (TPSA) is 57.8 Å². The Kier molecular flexibility index (Phi) is 2.25. The van der Waals surface area contributed by atoms with E-state index in [1.165, 1.54) is 11.3 Å². The molecule has 2 heterocycles. The molecule has 2 aromatic heterocycles. The van der Waals surface area contributed by atoms with Crippen molar-refractivity contribution in [3.05, 3.63) is 48.7 Å². The van der Waals surface area contributed by atoms with Gasteiger partial charge in [-0.3, -0.25) is 4.40 Å². The van der Waals surface area contributed by atoms with Crippen molar-refractivity contribution in [2.75, 3.05) is 0 Å². The van der Waals surface area contributed by atoms with Crippen LogP contribution in [0.2, 0.25) is 0 Å². The molecule has 0 saturated carbocycles. The van der Waals surface area contributed by atoms with Gasteiger partial charge in [-0.05, 0) is 42.5 Å². The van der Waals surface area contributed by atoms with Gasteiger partial charge in [0.25, 0.3) is 0 Å². The summed E-state index contributed by atoms with van der Waals surface area (Å²) in [6.07, 6.45) is 1.97. The van der Waals surface area contributed by atoms with E-state index in [1.807, 2.05) is 28.8 Å². The maximum absolute atomic E-state index is 9.50. The molecule has 98 valence electrons. The standard InChI is InChI=1S/C15H10N2O2S/c18-10-3-1-9(2-4-10)12-8-17-13-6-5-11(19)7-14(13)20-15(17)16-12/h1-8,18-19H. The largest absolute Gasteiger partial charge is 0.508 e. The summed E-state index contributed by atoms with van der Waals surface area (Å²) >= 11 is 1.54. The van der Waals surface area contributed by atoms with Gasteiger partial charge >= 0.3 is 0 Å². The maximum Gasteiger partial charge on any atom is 0.195 e. The summed E-state index contributed by atoms with van der Waals surface area (Å²) < 4.78 is 3.02. The number of rotatable bonds is 1. The van der Waals surface area contributed by atoms with E-state index in [1.54, 1.807) is 24.3 Å². The number of nitrogens with zero attached hydrogens (tertiary/aromatic N) is 2. The Morgan fingerprint density at radius 1 is 0.950 bits per heavy atom. The number of thiazole rings is 1. The summed E-state index contributed by atoms with van der Waals surface area (Å²) in [5, 5.41) is 18.8. The lowest BCUT2D eigenvalue weighted by atomic mass is 10.2. The first-order valence-electron chi connectivity index (χ1n) is 6.11. The molecule has 20 heavy (non-hydrogen) atoms. The van der Waals surface area contributed by atoms with Crippen LogP contribution in [-0.2, 0) is 0 Å². The monoisotopic (exact) mass is 282 g/mol. The fourth-order valence-corrected chi connectivity index (χ4v) is 3.30. The van der Waals surface area contributed by atoms with Gasteiger partial charge in [0.1, 0.15) is 11.5 Å². The molecular weight excluding hydrogens is 272 g/mol. The van der Waals surface area contributed by atoms with E-state index in [9.17, 15) is 10.2 Å². The highest BCUT2D eigenvalue weighted by Crippen LogP contribution is 2.31. The van der Waals surface area contributed by atoms with Crippen molar-refractivity contribution in [1.29, 1.82) is 0 Å². The van der Waals surface area contributed by atoms with E-state index in [0.717, 1.165) is 26.4 Å². The van der Waals surface area contributed by atoms with Crippen LogP contribution in [0.15, 0.2) is 48.7 Å². The van der Waals surface area contributed by atoms with E-state index in [0.29, 0.717) is 0 Å². The molecule has 2 N–H and O–H groups in total. The van der Waals surface area contributed by atoms with Gasteiger partial charge in [-0.15, -0.1) is 0 Å². The molecule has 0 aliphatic heterocycles. The fourth-order valence-electron chi connectivity index (χ4n) is 2.26. The van der Waals surface area contributed by atoms with Crippen molar-refractivity contribution in [3.8, 4) is 22.8 Å². The molecule has 0 atom stereocenters. The van der Waals surface area contributed by atoms with Crippen molar-refractivity contribution in [1.82, 2.24) is 9.38 Å². The number of aromatic nitrogens is 2. The van der Waals surface area contributed by atoms with Crippen LogP contribution in [-0.4, -0.2) is 19.6 Å². The van der Waals surface area contributed by atoms with Gasteiger partial charge in [-0.2, -0.15) is 0 Å². The maximum atomic E-state index is 9.50. The molecular formula is C15H10N2O2S. The molecule has 0 fully saturated rings. The smallest absolute Gasteiger partial charge is 0.195 e. The predicted octanol–water partition coefficient (Wildman–Crippen LogP) is 3.63. The van der Waals surface area contributed by atoms with Crippen molar-refractivity contribution in [2.45, 2.75) is 0 Å². The van der Waals surface area contributed by atoms with Crippen molar-refractivity contribution in [3.63, 3.8) is 0 Å². The van der Waals surface area contributed by atoms with Crippen LogP contribution in [0.3, 0.4) is 0 Å². The lowest BCUT2D eigenvalue weighted by Crippen LogP contribution is -1.77. The lowest BCUT2D eigenvalue weighted by molar-refractivity contribution is 0.475.